The summed E-state index contributed by atoms with van der Waals surface area (Å²) >= 11 is 0. The molecule has 0 bridgehead atoms. The molecule has 1 fully saturated rings. The van der Waals surface area contributed by atoms with Gasteiger partial charge in [-0.1, -0.05) is 0 Å². The first-order valence-electron chi connectivity index (χ1n) is 10.4. The van der Waals surface area contributed by atoms with Gasteiger partial charge in [-0.15, -0.1) is 0 Å². The Labute approximate surface area is 191 Å². The topological polar surface area (TPSA) is 132 Å². The maximum atomic E-state index is 12.7. The SMILES string of the molecule is CCOC(=O)c1c(C)[nH]c(C)c1C(=O)COC(=O)c1ccc(S(=O)(=O)N2CCOCC2)cc1. The average molecular weight is 479 g/mol. The molecule has 11 heteroatoms. The van der Waals surface area contributed by atoms with E-state index < -0.39 is 34.4 Å². The highest BCUT2D eigenvalue weighted by atomic mass is 32.2. The summed E-state index contributed by atoms with van der Waals surface area (Å²) in [6, 6.07) is 5.30. The molecule has 1 aliphatic heterocycles. The maximum Gasteiger partial charge on any atom is 0.340 e. The molecule has 3 rings (SSSR count). The number of esters is 2. The zero-order chi connectivity index (χ0) is 24.2. The van der Waals surface area contributed by atoms with E-state index in [0.717, 1.165) is 0 Å². The highest BCUT2D eigenvalue weighted by molar-refractivity contribution is 7.89. The van der Waals surface area contributed by atoms with Crippen molar-refractivity contribution in [2.45, 2.75) is 25.7 Å². The van der Waals surface area contributed by atoms with E-state index in [1.54, 1.807) is 20.8 Å². The number of aryl methyl sites for hydroxylation is 2. The third kappa shape index (κ3) is 5.32. The molecular weight excluding hydrogens is 452 g/mol. The normalized spacial score (nSPS) is 14.6. The predicted molar refractivity (Wildman–Crippen MR) is 117 cm³/mol. The van der Waals surface area contributed by atoms with Crippen LogP contribution in [-0.4, -0.2) is 74.9 Å². The number of aromatic amines is 1. The second-order valence-corrected chi connectivity index (χ2v) is 9.32. The van der Waals surface area contributed by atoms with Crippen LogP contribution in [0.2, 0.25) is 0 Å². The zero-order valence-electron chi connectivity index (χ0n) is 18.7. The summed E-state index contributed by atoms with van der Waals surface area (Å²) < 4.78 is 42.0. The van der Waals surface area contributed by atoms with Crippen molar-refractivity contribution in [2.24, 2.45) is 0 Å². The Balaban J connectivity index is 1.68. The molecule has 0 spiro atoms. The quantitative estimate of drug-likeness (QED) is 0.449. The second-order valence-electron chi connectivity index (χ2n) is 7.39. The van der Waals surface area contributed by atoms with Crippen molar-refractivity contribution in [3.05, 3.63) is 52.3 Å². The van der Waals surface area contributed by atoms with E-state index >= 15 is 0 Å². The molecule has 2 heterocycles. The molecule has 178 valence electrons. The summed E-state index contributed by atoms with van der Waals surface area (Å²) in [7, 11) is -3.69. The van der Waals surface area contributed by atoms with Crippen LogP contribution in [-0.2, 0) is 24.2 Å². The van der Waals surface area contributed by atoms with E-state index in [9.17, 15) is 22.8 Å². The summed E-state index contributed by atoms with van der Waals surface area (Å²) in [4.78, 5) is 40.3. The van der Waals surface area contributed by atoms with Crippen LogP contribution in [0, 0.1) is 13.8 Å². The molecular formula is C22H26N2O8S. The third-order valence-corrected chi connectivity index (χ3v) is 7.08. The summed E-state index contributed by atoms with van der Waals surface area (Å²) in [6.45, 7) is 5.70. The van der Waals surface area contributed by atoms with Crippen molar-refractivity contribution >= 4 is 27.7 Å². The fourth-order valence-corrected chi connectivity index (χ4v) is 4.98. The lowest BCUT2D eigenvalue weighted by atomic mass is 10.1. The van der Waals surface area contributed by atoms with Crippen LogP contribution in [0.4, 0.5) is 0 Å². The summed E-state index contributed by atoms with van der Waals surface area (Å²) in [5.41, 5.74) is 1.28. The number of aromatic nitrogens is 1. The number of rotatable bonds is 8. The summed E-state index contributed by atoms with van der Waals surface area (Å²) in [6.07, 6.45) is 0. The van der Waals surface area contributed by atoms with Gasteiger partial charge in [0.05, 0.1) is 41.4 Å². The molecule has 10 nitrogen and oxygen atoms in total. The van der Waals surface area contributed by atoms with Gasteiger partial charge in [0.15, 0.2) is 6.61 Å². The number of H-pyrrole nitrogens is 1. The van der Waals surface area contributed by atoms with Crippen molar-refractivity contribution in [1.82, 2.24) is 9.29 Å². The van der Waals surface area contributed by atoms with Crippen molar-refractivity contribution in [1.29, 1.82) is 0 Å². The van der Waals surface area contributed by atoms with Gasteiger partial charge in [-0.3, -0.25) is 4.79 Å². The molecule has 0 unspecified atom stereocenters. The van der Waals surface area contributed by atoms with Crippen molar-refractivity contribution < 1.29 is 37.0 Å². The van der Waals surface area contributed by atoms with Gasteiger partial charge in [-0.25, -0.2) is 18.0 Å². The number of benzene rings is 1. The number of Topliss-reactive ketones (excluding diaryl/α,β-unsaturated/α-hetero) is 1. The van der Waals surface area contributed by atoms with Crippen LogP contribution in [0.5, 0.6) is 0 Å². The Kier molecular flexibility index (Phi) is 7.67. The Morgan fingerprint density at radius 1 is 0.970 bits per heavy atom. The number of hydrogen-bond donors (Lipinski definition) is 1. The van der Waals surface area contributed by atoms with E-state index in [2.05, 4.69) is 4.98 Å². The minimum Gasteiger partial charge on any atom is -0.462 e. The lowest BCUT2D eigenvalue weighted by molar-refractivity contribution is 0.0472. The first-order chi connectivity index (χ1) is 15.7. The minimum atomic E-state index is -3.69. The van der Waals surface area contributed by atoms with Gasteiger partial charge in [0.2, 0.25) is 15.8 Å². The largest absolute Gasteiger partial charge is 0.462 e. The van der Waals surface area contributed by atoms with Crippen LogP contribution >= 0.6 is 0 Å². The molecule has 0 amide bonds. The first-order valence-corrected chi connectivity index (χ1v) is 11.8. The number of ketones is 1. The standard InChI is InChI=1S/C22H26N2O8S/c1-4-31-22(27)20-15(3)23-14(2)19(20)18(25)13-32-21(26)16-5-7-17(8-6-16)33(28,29)24-9-11-30-12-10-24/h5-8,23H,4,9-13H2,1-3H3. The molecule has 1 aromatic carbocycles. The second kappa shape index (κ2) is 10.3. The van der Waals surface area contributed by atoms with Gasteiger partial charge in [-0.2, -0.15) is 4.31 Å². The summed E-state index contributed by atoms with van der Waals surface area (Å²) in [5, 5.41) is 0. The number of nitrogens with zero attached hydrogens (tertiary/aromatic N) is 1. The molecule has 0 radical (unpaired) electrons. The number of nitrogens with one attached hydrogen (secondary N) is 1. The zero-order valence-corrected chi connectivity index (χ0v) is 19.5. The molecule has 1 N–H and O–H groups in total. The Bertz CT molecular complexity index is 1150. The lowest BCUT2D eigenvalue weighted by Gasteiger charge is -2.26. The Hall–Kier alpha value is -3.02. The van der Waals surface area contributed by atoms with E-state index in [-0.39, 0.29) is 41.3 Å². The van der Waals surface area contributed by atoms with Crippen LogP contribution in [0.25, 0.3) is 0 Å². The average Bonchev–Trinajstić information content (AvgIpc) is 3.11. The molecule has 1 aliphatic rings. The fraction of sp³-hybridized carbons (Fsp3) is 0.409. The number of sulfonamides is 1. The van der Waals surface area contributed by atoms with Gasteiger partial charge in [0.1, 0.15) is 0 Å². The van der Waals surface area contributed by atoms with Gasteiger partial charge in [0, 0.05) is 24.5 Å². The number of hydrogen-bond acceptors (Lipinski definition) is 8. The van der Waals surface area contributed by atoms with Crippen LogP contribution in [0.3, 0.4) is 0 Å². The molecule has 0 saturated carbocycles. The van der Waals surface area contributed by atoms with E-state index in [1.165, 1.54) is 28.6 Å². The smallest absolute Gasteiger partial charge is 0.340 e. The lowest BCUT2D eigenvalue weighted by Crippen LogP contribution is -2.40. The predicted octanol–water partition coefficient (Wildman–Crippen LogP) is 1.87. The van der Waals surface area contributed by atoms with E-state index in [0.29, 0.717) is 24.6 Å². The highest BCUT2D eigenvalue weighted by Gasteiger charge is 2.28. The van der Waals surface area contributed by atoms with Crippen molar-refractivity contribution in [2.75, 3.05) is 39.5 Å². The third-order valence-electron chi connectivity index (χ3n) is 5.17. The maximum absolute atomic E-state index is 12.7. The van der Waals surface area contributed by atoms with Crippen molar-refractivity contribution in [3.8, 4) is 0 Å². The van der Waals surface area contributed by atoms with E-state index in [4.69, 9.17) is 14.2 Å². The molecule has 0 aliphatic carbocycles. The molecule has 2 aromatic rings. The van der Waals surface area contributed by atoms with Crippen LogP contribution in [0.15, 0.2) is 29.2 Å². The Morgan fingerprint density at radius 3 is 2.18 bits per heavy atom. The van der Waals surface area contributed by atoms with Gasteiger partial charge in [-0.05, 0) is 45.0 Å². The van der Waals surface area contributed by atoms with Gasteiger partial charge < -0.3 is 19.2 Å². The van der Waals surface area contributed by atoms with Crippen LogP contribution < -0.4 is 0 Å². The van der Waals surface area contributed by atoms with Gasteiger partial charge >= 0.3 is 11.9 Å². The minimum absolute atomic E-state index is 0.0505. The number of carbonyl (C=O) groups is 3. The number of morpholine rings is 1. The fourth-order valence-electron chi connectivity index (χ4n) is 3.57. The van der Waals surface area contributed by atoms with E-state index in [1.807, 2.05) is 0 Å². The molecule has 0 atom stereocenters. The highest BCUT2D eigenvalue weighted by Crippen LogP contribution is 2.21. The summed E-state index contributed by atoms with van der Waals surface area (Å²) in [5.74, 6) is -1.98. The molecule has 1 saturated heterocycles. The monoisotopic (exact) mass is 478 g/mol. The Morgan fingerprint density at radius 2 is 1.58 bits per heavy atom. The first kappa shape index (κ1) is 24.6. The van der Waals surface area contributed by atoms with Crippen LogP contribution in [0.1, 0.15) is 49.4 Å². The molecule has 1 aromatic heterocycles. The number of carbonyl (C=O) groups excluding carboxylic acids is 3. The number of ether oxygens (including phenoxy) is 3. The van der Waals surface area contributed by atoms with Gasteiger partial charge in [0.25, 0.3) is 0 Å². The van der Waals surface area contributed by atoms with Crippen molar-refractivity contribution in [3.63, 3.8) is 0 Å². The molecule has 33 heavy (non-hydrogen) atoms.